The Balaban J connectivity index is 1.17. The molecular formula is C36H39F5N2O4. The summed E-state index contributed by atoms with van der Waals surface area (Å²) in [6.07, 6.45) is 3.07. The zero-order valence-electron chi connectivity index (χ0n) is 26.6. The highest BCUT2D eigenvalue weighted by molar-refractivity contribution is 5.94. The normalized spacial score (nSPS) is 27.2. The van der Waals surface area contributed by atoms with Crippen molar-refractivity contribution in [2.45, 2.75) is 84.1 Å². The van der Waals surface area contributed by atoms with Gasteiger partial charge in [-0.25, -0.2) is 22.0 Å². The molecule has 1 amide bonds. The average molecular weight is 659 g/mol. The highest BCUT2D eigenvalue weighted by Gasteiger charge is 2.50. The zero-order chi connectivity index (χ0) is 33.7. The summed E-state index contributed by atoms with van der Waals surface area (Å²) in [4.78, 5) is 15.0. The van der Waals surface area contributed by atoms with Crippen LogP contribution >= 0.6 is 0 Å². The molecule has 2 bridgehead atoms. The Bertz CT molecular complexity index is 1600. The third-order valence-electron chi connectivity index (χ3n) is 9.72. The third kappa shape index (κ3) is 6.95. The lowest BCUT2D eigenvalue weighted by atomic mass is 9.65. The third-order valence-corrected chi connectivity index (χ3v) is 9.72. The summed E-state index contributed by atoms with van der Waals surface area (Å²) in [5, 5.41) is 11.7. The Labute approximate surface area is 270 Å². The van der Waals surface area contributed by atoms with Gasteiger partial charge < -0.3 is 19.9 Å². The number of nitrogens with zero attached hydrogens (tertiary/aromatic N) is 1. The summed E-state index contributed by atoms with van der Waals surface area (Å²) < 4.78 is 81.7. The fraction of sp³-hybridized carbons (Fsp3) is 0.472. The Morgan fingerprint density at radius 1 is 0.851 bits per heavy atom. The monoisotopic (exact) mass is 658 g/mol. The summed E-state index contributed by atoms with van der Waals surface area (Å²) in [6, 6.07) is 15.0. The topological polar surface area (TPSA) is 71.0 Å². The predicted octanol–water partition coefficient (Wildman–Crippen LogP) is 7.25. The number of fused-ring (bicyclic) bond motifs is 2. The van der Waals surface area contributed by atoms with E-state index in [4.69, 9.17) is 9.47 Å². The van der Waals surface area contributed by atoms with Crippen molar-refractivity contribution in [1.29, 1.82) is 0 Å². The van der Waals surface area contributed by atoms with E-state index in [2.05, 4.69) is 31.0 Å². The molecule has 252 valence electrons. The second-order valence-electron chi connectivity index (χ2n) is 14.4. The van der Waals surface area contributed by atoms with Gasteiger partial charge in [-0.05, 0) is 46.8 Å². The number of likely N-dealkylation sites (tertiary alicyclic amines) is 1. The fourth-order valence-electron chi connectivity index (χ4n) is 7.95. The molecule has 2 unspecified atom stereocenters. The lowest BCUT2D eigenvalue weighted by Gasteiger charge is -2.41. The largest absolute Gasteiger partial charge is 0.392 e. The number of carbonyl (C=O) groups excluding carboxylic acids is 1. The quantitative estimate of drug-likeness (QED) is 0.152. The van der Waals surface area contributed by atoms with Crippen LogP contribution in [0.3, 0.4) is 0 Å². The molecule has 3 aliphatic rings. The Morgan fingerprint density at radius 2 is 1.45 bits per heavy atom. The molecule has 1 saturated carbocycles. The number of amides is 1. The Kier molecular flexibility index (Phi) is 9.21. The molecule has 6 nitrogen and oxygen atoms in total. The highest BCUT2D eigenvalue weighted by Crippen LogP contribution is 2.53. The van der Waals surface area contributed by atoms with Crippen LogP contribution in [0.25, 0.3) is 0 Å². The maximum Gasteiger partial charge on any atom is 0.257 e. The van der Waals surface area contributed by atoms with Crippen LogP contribution in [0.2, 0.25) is 0 Å². The van der Waals surface area contributed by atoms with Gasteiger partial charge in [0, 0.05) is 37.7 Å². The summed E-state index contributed by atoms with van der Waals surface area (Å²) in [6.45, 7) is 8.59. The number of aliphatic hydroxyl groups is 1. The van der Waals surface area contributed by atoms with E-state index in [1.54, 1.807) is 24.3 Å². The van der Waals surface area contributed by atoms with Crippen molar-refractivity contribution in [3.63, 3.8) is 0 Å². The molecule has 3 aromatic carbocycles. The van der Waals surface area contributed by atoms with Crippen LogP contribution < -0.4 is 5.32 Å². The number of carbonyl (C=O) groups is 1. The first-order chi connectivity index (χ1) is 22.3. The minimum absolute atomic E-state index is 0.0556. The molecule has 2 heterocycles. The van der Waals surface area contributed by atoms with Crippen LogP contribution in [0.15, 0.2) is 48.5 Å². The van der Waals surface area contributed by atoms with E-state index in [9.17, 15) is 31.9 Å². The minimum atomic E-state index is -2.33. The number of ether oxygens (including phenoxy) is 2. The van der Waals surface area contributed by atoms with E-state index in [0.29, 0.717) is 18.0 Å². The van der Waals surface area contributed by atoms with Crippen molar-refractivity contribution in [3.8, 4) is 0 Å². The van der Waals surface area contributed by atoms with Gasteiger partial charge in [-0.2, -0.15) is 0 Å². The van der Waals surface area contributed by atoms with Crippen molar-refractivity contribution in [3.05, 3.63) is 105 Å². The van der Waals surface area contributed by atoms with Gasteiger partial charge in [0.1, 0.15) is 5.56 Å². The minimum Gasteiger partial charge on any atom is -0.392 e. The summed E-state index contributed by atoms with van der Waals surface area (Å²) in [7, 11) is 0. The Hall–Kier alpha value is -3.38. The molecule has 2 N–H and O–H groups in total. The van der Waals surface area contributed by atoms with Crippen LogP contribution in [0.1, 0.15) is 91.5 Å². The molecule has 11 heteroatoms. The van der Waals surface area contributed by atoms with Gasteiger partial charge in [-0.3, -0.25) is 9.69 Å². The van der Waals surface area contributed by atoms with Gasteiger partial charge in [-0.15, -0.1) is 0 Å². The lowest BCUT2D eigenvalue weighted by Crippen LogP contribution is -2.42. The van der Waals surface area contributed by atoms with Gasteiger partial charge in [0.15, 0.2) is 29.6 Å². The van der Waals surface area contributed by atoms with E-state index < -0.39 is 46.8 Å². The van der Waals surface area contributed by atoms with Crippen molar-refractivity contribution in [2.24, 2.45) is 10.8 Å². The molecule has 0 aromatic heterocycles. The molecule has 3 fully saturated rings. The SMILES string of the molecule is CC1(C)CC2CC(C)(CN2C[C@H]2C[C@@H](c3ccc(CO)cc3)O[C@@H](c3ccc(CNC(=O)c4c(F)c(F)c(F)c(F)c4F)cc3)O2)C1. The standard InChI is InChI=1S/C36H39F5N2O4/c1-35(2)13-24-14-36(3,18-35)19-43(24)16-25-12-26(22-8-6-21(17-44)7-9-22)47-34(46-25)23-10-4-20(5-11-23)15-42-33(45)27-28(37)30(39)32(41)31(40)29(27)38/h4-11,24-26,34,44H,12-19H2,1-3H3,(H,42,45)/t24?,25-,26+,34+,36?/m1/s1. The number of hydrogen-bond donors (Lipinski definition) is 2. The summed E-state index contributed by atoms with van der Waals surface area (Å²) in [5.74, 6) is -12.5. The van der Waals surface area contributed by atoms with Gasteiger partial charge in [0.25, 0.3) is 5.91 Å². The molecule has 2 aliphatic heterocycles. The molecule has 5 atom stereocenters. The van der Waals surface area contributed by atoms with Crippen LogP contribution in [-0.2, 0) is 22.6 Å². The van der Waals surface area contributed by atoms with Crippen LogP contribution in [0.5, 0.6) is 0 Å². The second-order valence-corrected chi connectivity index (χ2v) is 14.4. The smallest absolute Gasteiger partial charge is 0.257 e. The maximum atomic E-state index is 14.1. The van der Waals surface area contributed by atoms with Crippen molar-refractivity contribution < 1.29 is 41.3 Å². The number of benzene rings is 3. The molecule has 3 aromatic rings. The van der Waals surface area contributed by atoms with E-state index in [0.717, 1.165) is 36.2 Å². The van der Waals surface area contributed by atoms with Gasteiger partial charge >= 0.3 is 0 Å². The first-order valence-electron chi connectivity index (χ1n) is 15.9. The van der Waals surface area contributed by atoms with Crippen molar-refractivity contribution >= 4 is 5.91 Å². The van der Waals surface area contributed by atoms with Crippen LogP contribution in [0, 0.1) is 39.9 Å². The number of nitrogens with one attached hydrogen (secondary N) is 1. The summed E-state index contributed by atoms with van der Waals surface area (Å²) >= 11 is 0. The van der Waals surface area contributed by atoms with E-state index >= 15 is 0 Å². The first kappa shape index (κ1) is 33.5. The van der Waals surface area contributed by atoms with Crippen LogP contribution in [-0.4, -0.2) is 41.1 Å². The molecule has 2 saturated heterocycles. The van der Waals surface area contributed by atoms with Gasteiger partial charge in [-0.1, -0.05) is 69.3 Å². The van der Waals surface area contributed by atoms with E-state index in [1.165, 1.54) is 12.8 Å². The number of hydrogen-bond acceptors (Lipinski definition) is 5. The maximum absolute atomic E-state index is 14.1. The molecule has 47 heavy (non-hydrogen) atoms. The zero-order valence-corrected chi connectivity index (χ0v) is 26.6. The Morgan fingerprint density at radius 3 is 2.09 bits per heavy atom. The molecule has 1 aliphatic carbocycles. The number of rotatable bonds is 8. The van der Waals surface area contributed by atoms with Gasteiger partial charge in [0.2, 0.25) is 5.82 Å². The molecule has 6 rings (SSSR count). The van der Waals surface area contributed by atoms with Crippen molar-refractivity contribution in [2.75, 3.05) is 13.1 Å². The highest BCUT2D eigenvalue weighted by atomic mass is 19.2. The number of aliphatic hydroxyl groups excluding tert-OH is 1. The molecular weight excluding hydrogens is 619 g/mol. The lowest BCUT2D eigenvalue weighted by molar-refractivity contribution is -0.253. The fourth-order valence-corrected chi connectivity index (χ4v) is 7.95. The molecule has 0 radical (unpaired) electrons. The predicted molar refractivity (Wildman–Crippen MR) is 163 cm³/mol. The first-order valence-corrected chi connectivity index (χ1v) is 15.9. The van der Waals surface area contributed by atoms with Crippen LogP contribution in [0.4, 0.5) is 22.0 Å². The van der Waals surface area contributed by atoms with Crippen molar-refractivity contribution in [1.82, 2.24) is 10.2 Å². The van der Waals surface area contributed by atoms with E-state index in [-0.39, 0.29) is 36.2 Å². The van der Waals surface area contributed by atoms with Gasteiger partial charge in [0.05, 0.1) is 18.8 Å². The molecule has 0 spiro atoms. The average Bonchev–Trinajstić information content (AvgIpc) is 3.28. The second kappa shape index (κ2) is 12.9. The number of halogens is 5. The summed E-state index contributed by atoms with van der Waals surface area (Å²) in [5.41, 5.74) is 2.05. The van der Waals surface area contributed by atoms with E-state index in [1.807, 2.05) is 24.3 Å².